The summed E-state index contributed by atoms with van der Waals surface area (Å²) in [5, 5.41) is 0. The smallest absolute Gasteiger partial charge is 0.375 e. The summed E-state index contributed by atoms with van der Waals surface area (Å²) in [6, 6.07) is 0. The predicted molar refractivity (Wildman–Crippen MR) is 104 cm³/mol. The van der Waals surface area contributed by atoms with Crippen LogP contribution in [0.2, 0.25) is 0 Å². The molecule has 162 valence electrons. The molecule has 0 bridgehead atoms. The van der Waals surface area contributed by atoms with E-state index in [9.17, 15) is 13.2 Å². The lowest BCUT2D eigenvalue weighted by atomic mass is 10.1. The molecule has 1 aliphatic heterocycles. The van der Waals surface area contributed by atoms with Crippen LogP contribution in [-0.4, -0.2) is 36.5 Å². The number of rotatable bonds is 11. The van der Waals surface area contributed by atoms with Gasteiger partial charge >= 0.3 is 15.6 Å². The highest BCUT2D eigenvalue weighted by molar-refractivity contribution is 7.86. The van der Waals surface area contributed by atoms with Gasteiger partial charge in [-0.2, -0.15) is 21.6 Å². The van der Waals surface area contributed by atoms with E-state index in [0.29, 0.717) is 0 Å². The summed E-state index contributed by atoms with van der Waals surface area (Å²) in [5.41, 5.74) is -3.88. The van der Waals surface area contributed by atoms with Crippen LogP contribution in [-0.2, 0) is 10.1 Å². The van der Waals surface area contributed by atoms with Gasteiger partial charge in [0.15, 0.2) is 0 Å². The number of halogens is 3. The van der Waals surface area contributed by atoms with Crippen molar-refractivity contribution in [1.29, 1.82) is 0 Å². The van der Waals surface area contributed by atoms with Crippen molar-refractivity contribution in [2.45, 2.75) is 96.4 Å². The summed E-state index contributed by atoms with van der Waals surface area (Å²) < 4.78 is 57.5. The Morgan fingerprint density at radius 2 is 1.52 bits per heavy atom. The summed E-state index contributed by atoms with van der Waals surface area (Å²) in [4.78, 5) is 2.63. The van der Waals surface area contributed by atoms with Gasteiger partial charge in [0, 0.05) is 18.8 Å². The molecule has 0 aromatic heterocycles. The average Bonchev–Trinajstić information content (AvgIpc) is 3.01. The van der Waals surface area contributed by atoms with Crippen LogP contribution in [0.4, 0.5) is 13.2 Å². The first-order chi connectivity index (χ1) is 12.6. The molecule has 0 spiro atoms. The summed E-state index contributed by atoms with van der Waals surface area (Å²) in [5.74, 6) is 0. The fourth-order valence-electron chi connectivity index (χ4n) is 2.96. The van der Waals surface area contributed by atoms with Gasteiger partial charge in [-0.3, -0.25) is 4.55 Å². The fraction of sp³-hybridized carbons (Fsp3) is 0.895. The van der Waals surface area contributed by atoms with Crippen molar-refractivity contribution in [2.24, 2.45) is 0 Å². The van der Waals surface area contributed by atoms with E-state index in [1.807, 2.05) is 0 Å². The normalized spacial score (nSPS) is 16.5. The summed E-state index contributed by atoms with van der Waals surface area (Å²) in [7, 11) is -5.84. The zero-order chi connectivity index (χ0) is 20.8. The zero-order valence-electron chi connectivity index (χ0n) is 16.7. The first-order valence-electron chi connectivity index (χ1n) is 10.1. The Labute approximate surface area is 163 Å². The monoisotopic (exact) mass is 415 g/mol. The van der Waals surface area contributed by atoms with Crippen molar-refractivity contribution in [2.75, 3.05) is 13.1 Å². The van der Waals surface area contributed by atoms with E-state index >= 15 is 0 Å². The van der Waals surface area contributed by atoms with Crippen LogP contribution in [0.5, 0.6) is 0 Å². The van der Waals surface area contributed by atoms with Gasteiger partial charge in [0.1, 0.15) is 0 Å². The first-order valence-corrected chi connectivity index (χ1v) is 11.5. The van der Waals surface area contributed by atoms with E-state index < -0.39 is 15.6 Å². The van der Waals surface area contributed by atoms with Crippen LogP contribution in [0.25, 0.3) is 0 Å². The maximum Gasteiger partial charge on any atom is 0.522 e. The van der Waals surface area contributed by atoms with E-state index in [2.05, 4.69) is 24.8 Å². The topological polar surface area (TPSA) is 57.6 Å². The van der Waals surface area contributed by atoms with Crippen LogP contribution in [0, 0.1) is 0 Å². The van der Waals surface area contributed by atoms with Gasteiger partial charge in [-0.25, -0.2) is 0 Å². The number of hydrogen-bond donors (Lipinski definition) is 1. The van der Waals surface area contributed by atoms with Crippen molar-refractivity contribution in [3.8, 4) is 0 Å². The molecule has 0 atom stereocenters. The minimum atomic E-state index is -5.84. The van der Waals surface area contributed by atoms with E-state index in [1.54, 1.807) is 5.70 Å². The second kappa shape index (κ2) is 14.3. The number of unbranched alkanes of at least 4 members (excludes halogenated alkanes) is 8. The minimum Gasteiger partial charge on any atom is -0.375 e. The third kappa shape index (κ3) is 13.1. The second-order valence-electron chi connectivity index (χ2n) is 6.97. The average molecular weight is 416 g/mol. The summed E-state index contributed by atoms with van der Waals surface area (Å²) in [6.07, 6.45) is 19.2. The van der Waals surface area contributed by atoms with Crippen LogP contribution >= 0.6 is 0 Å². The molecule has 27 heavy (non-hydrogen) atoms. The molecule has 0 saturated carbocycles. The predicted octanol–water partition coefficient (Wildman–Crippen LogP) is 6.30. The molecule has 1 N–H and O–H groups in total. The van der Waals surface area contributed by atoms with E-state index in [1.165, 1.54) is 90.1 Å². The maximum atomic E-state index is 10.7. The highest BCUT2D eigenvalue weighted by Gasteiger charge is 2.44. The second-order valence-corrected chi connectivity index (χ2v) is 8.38. The Kier molecular flexibility index (Phi) is 13.9. The number of likely N-dealkylation sites (tertiary alicyclic amines) is 1. The van der Waals surface area contributed by atoms with E-state index in [4.69, 9.17) is 13.0 Å². The van der Waals surface area contributed by atoms with Crippen LogP contribution < -0.4 is 0 Å². The van der Waals surface area contributed by atoms with Gasteiger partial charge < -0.3 is 4.90 Å². The molecule has 1 rings (SSSR count). The molecular formula is C19H36F3NO3S. The quantitative estimate of drug-likeness (QED) is 0.244. The molecule has 1 fully saturated rings. The Bertz CT molecular complexity index is 505. The molecule has 0 unspecified atom stereocenters. The largest absolute Gasteiger partial charge is 0.522 e. The molecule has 0 radical (unpaired) electrons. The molecular weight excluding hydrogens is 379 g/mol. The Hall–Kier alpha value is -0.760. The minimum absolute atomic E-state index is 1.29. The molecule has 4 nitrogen and oxygen atoms in total. The third-order valence-corrected chi connectivity index (χ3v) is 5.11. The Balaban J connectivity index is 0.000000713. The lowest BCUT2D eigenvalue weighted by Gasteiger charge is -2.19. The van der Waals surface area contributed by atoms with Crippen molar-refractivity contribution in [3.05, 3.63) is 11.8 Å². The standard InChI is InChI=1S/C18H35N.CHF3O3S/c1-3-5-7-8-9-10-11-12-14-18-15-13-17-19(18)16-6-4-2;2-1(3,4)8(5,6)7/h14H,3-13,15-17H2,1-2H3;(H,5,6,7). The highest BCUT2D eigenvalue weighted by atomic mass is 32.2. The zero-order valence-corrected chi connectivity index (χ0v) is 17.5. The lowest BCUT2D eigenvalue weighted by molar-refractivity contribution is -0.0510. The van der Waals surface area contributed by atoms with Crippen molar-refractivity contribution in [3.63, 3.8) is 0 Å². The first kappa shape index (κ1) is 26.2. The molecule has 0 amide bonds. The Morgan fingerprint density at radius 1 is 1.00 bits per heavy atom. The van der Waals surface area contributed by atoms with Crippen molar-refractivity contribution >= 4 is 10.1 Å². The van der Waals surface area contributed by atoms with Crippen LogP contribution in [0.15, 0.2) is 11.8 Å². The SMILES string of the molecule is CCCCCCCCCC=C1CCCN1CCCC.O=S(=O)(O)C(F)(F)F. The van der Waals surface area contributed by atoms with Gasteiger partial charge in [-0.15, -0.1) is 0 Å². The molecule has 1 heterocycles. The number of alkyl halides is 3. The fourth-order valence-corrected chi connectivity index (χ4v) is 2.96. The maximum absolute atomic E-state index is 10.7. The highest BCUT2D eigenvalue weighted by Crippen LogP contribution is 2.22. The molecule has 0 aromatic rings. The van der Waals surface area contributed by atoms with Gasteiger partial charge in [-0.1, -0.05) is 64.9 Å². The summed E-state index contributed by atoms with van der Waals surface area (Å²) >= 11 is 0. The van der Waals surface area contributed by atoms with Crippen LogP contribution in [0.1, 0.15) is 90.9 Å². The third-order valence-electron chi connectivity index (χ3n) is 4.53. The molecule has 1 aliphatic rings. The van der Waals surface area contributed by atoms with E-state index in [0.717, 1.165) is 0 Å². The summed E-state index contributed by atoms with van der Waals surface area (Å²) in [6.45, 7) is 7.18. The van der Waals surface area contributed by atoms with Crippen LogP contribution in [0.3, 0.4) is 0 Å². The van der Waals surface area contributed by atoms with E-state index in [-0.39, 0.29) is 0 Å². The number of allylic oxidation sites excluding steroid dienone is 2. The van der Waals surface area contributed by atoms with Gasteiger partial charge in [0.05, 0.1) is 0 Å². The van der Waals surface area contributed by atoms with Gasteiger partial charge in [0.2, 0.25) is 0 Å². The Morgan fingerprint density at radius 3 is 2.04 bits per heavy atom. The molecule has 0 aromatic carbocycles. The number of hydrogen-bond acceptors (Lipinski definition) is 3. The molecule has 1 saturated heterocycles. The van der Waals surface area contributed by atoms with Gasteiger partial charge in [0.25, 0.3) is 0 Å². The lowest BCUT2D eigenvalue weighted by Crippen LogP contribution is -2.21. The van der Waals surface area contributed by atoms with Gasteiger partial charge in [-0.05, 0) is 32.1 Å². The number of nitrogens with zero attached hydrogens (tertiary/aromatic N) is 1. The molecule has 8 heteroatoms. The van der Waals surface area contributed by atoms with Crippen molar-refractivity contribution in [1.82, 2.24) is 4.90 Å². The van der Waals surface area contributed by atoms with Crippen molar-refractivity contribution < 1.29 is 26.1 Å². The molecule has 0 aliphatic carbocycles.